The van der Waals surface area contributed by atoms with Gasteiger partial charge in [-0.15, -0.1) is 0 Å². The van der Waals surface area contributed by atoms with Gasteiger partial charge in [-0.1, -0.05) is 106 Å². The Kier molecular flexibility index (Phi) is 4.40. The molecule has 1 heteroatoms. The van der Waals surface area contributed by atoms with Gasteiger partial charge < -0.3 is 0 Å². The fourth-order valence-corrected chi connectivity index (χ4v) is 4.34. The number of benzene rings is 4. The van der Waals surface area contributed by atoms with E-state index in [1.807, 2.05) is 12.3 Å². The monoisotopic (exact) mass is 387 g/mol. The molecule has 146 valence electrons. The first kappa shape index (κ1) is 18.6. The maximum atomic E-state index is 4.85. The molecule has 1 aromatic heterocycles. The second-order valence-electron chi connectivity index (χ2n) is 8.89. The third-order valence-electron chi connectivity index (χ3n) is 5.88. The molecule has 0 saturated carbocycles. The summed E-state index contributed by atoms with van der Waals surface area (Å²) >= 11 is 0. The van der Waals surface area contributed by atoms with Crippen LogP contribution in [-0.2, 0) is 5.41 Å². The minimum Gasteiger partial charge on any atom is -0.256 e. The van der Waals surface area contributed by atoms with Gasteiger partial charge in [0.25, 0.3) is 0 Å². The first-order valence-corrected chi connectivity index (χ1v) is 10.5. The summed E-state index contributed by atoms with van der Waals surface area (Å²) in [6, 6.07) is 32.6. The Balaban J connectivity index is 1.88. The van der Waals surface area contributed by atoms with E-state index in [9.17, 15) is 0 Å². The summed E-state index contributed by atoms with van der Waals surface area (Å²) in [6.07, 6.45) is 1.90. The third-order valence-corrected chi connectivity index (χ3v) is 5.88. The molecule has 1 nitrogen and oxygen atoms in total. The van der Waals surface area contributed by atoms with Crippen molar-refractivity contribution < 1.29 is 0 Å². The molecule has 0 aliphatic rings. The van der Waals surface area contributed by atoms with Crippen LogP contribution >= 0.6 is 0 Å². The van der Waals surface area contributed by atoms with Crippen LogP contribution in [0.5, 0.6) is 0 Å². The van der Waals surface area contributed by atoms with E-state index >= 15 is 0 Å². The zero-order valence-electron chi connectivity index (χ0n) is 17.7. The van der Waals surface area contributed by atoms with Crippen molar-refractivity contribution in [2.24, 2.45) is 0 Å². The van der Waals surface area contributed by atoms with Crippen LogP contribution in [0.2, 0.25) is 0 Å². The number of pyridine rings is 1. The maximum absolute atomic E-state index is 4.85. The zero-order valence-corrected chi connectivity index (χ0v) is 17.7. The number of hydrogen-bond acceptors (Lipinski definition) is 1. The highest BCUT2D eigenvalue weighted by atomic mass is 14.7. The molecular formula is C29H25N. The summed E-state index contributed by atoms with van der Waals surface area (Å²) in [4.78, 5) is 4.85. The molecule has 0 atom stereocenters. The highest BCUT2D eigenvalue weighted by Gasteiger charge is 2.18. The lowest BCUT2D eigenvalue weighted by atomic mass is 9.84. The quantitative estimate of drug-likeness (QED) is 0.279. The summed E-state index contributed by atoms with van der Waals surface area (Å²) in [5.41, 5.74) is 7.44. The molecule has 0 unspecified atom stereocenters. The predicted molar refractivity (Wildman–Crippen MR) is 129 cm³/mol. The van der Waals surface area contributed by atoms with E-state index in [4.69, 9.17) is 4.98 Å². The van der Waals surface area contributed by atoms with E-state index in [0.717, 1.165) is 5.52 Å². The Labute approximate surface area is 178 Å². The average molecular weight is 388 g/mol. The predicted octanol–water partition coefficient (Wildman–Crippen LogP) is 8.02. The van der Waals surface area contributed by atoms with Crippen LogP contribution < -0.4 is 0 Å². The first-order chi connectivity index (χ1) is 14.5. The van der Waals surface area contributed by atoms with Gasteiger partial charge in [-0.25, -0.2) is 0 Å². The maximum Gasteiger partial charge on any atom is 0.0792 e. The third kappa shape index (κ3) is 3.07. The number of fused-ring (bicyclic) bond motifs is 2. The Morgan fingerprint density at radius 1 is 0.533 bits per heavy atom. The van der Waals surface area contributed by atoms with Crippen LogP contribution in [0.25, 0.3) is 43.9 Å². The van der Waals surface area contributed by atoms with Gasteiger partial charge >= 0.3 is 0 Å². The van der Waals surface area contributed by atoms with Crippen LogP contribution in [0.4, 0.5) is 0 Å². The molecule has 0 N–H and O–H groups in total. The topological polar surface area (TPSA) is 12.9 Å². The van der Waals surface area contributed by atoms with Gasteiger partial charge in [0.2, 0.25) is 0 Å². The number of aromatic nitrogens is 1. The van der Waals surface area contributed by atoms with Crippen molar-refractivity contribution in [1.29, 1.82) is 0 Å². The van der Waals surface area contributed by atoms with Crippen molar-refractivity contribution in [3.63, 3.8) is 0 Å². The highest BCUT2D eigenvalue weighted by molar-refractivity contribution is 6.20. The van der Waals surface area contributed by atoms with E-state index in [0.29, 0.717) is 0 Å². The van der Waals surface area contributed by atoms with Gasteiger partial charge in [-0.2, -0.15) is 0 Å². The molecule has 0 fully saturated rings. The number of nitrogens with zero attached hydrogens (tertiary/aromatic N) is 1. The van der Waals surface area contributed by atoms with E-state index in [2.05, 4.69) is 106 Å². The van der Waals surface area contributed by atoms with Crippen LogP contribution in [0.1, 0.15) is 26.3 Å². The second kappa shape index (κ2) is 7.11. The zero-order chi connectivity index (χ0) is 20.7. The SMILES string of the molecule is CC(C)(C)c1ccc(-c2c3ccccc3c(-c3ccccc3)c3ncccc23)cc1. The van der Waals surface area contributed by atoms with Crippen molar-refractivity contribution >= 4 is 21.7 Å². The fraction of sp³-hybridized carbons (Fsp3) is 0.138. The van der Waals surface area contributed by atoms with Gasteiger partial charge in [0.15, 0.2) is 0 Å². The minimum absolute atomic E-state index is 0.140. The lowest BCUT2D eigenvalue weighted by Crippen LogP contribution is -2.10. The fourth-order valence-electron chi connectivity index (χ4n) is 4.34. The van der Waals surface area contributed by atoms with Gasteiger partial charge in [0.1, 0.15) is 0 Å². The molecule has 4 aromatic carbocycles. The molecular weight excluding hydrogens is 362 g/mol. The summed E-state index contributed by atoms with van der Waals surface area (Å²) in [7, 11) is 0. The Bertz CT molecular complexity index is 1280. The lowest BCUT2D eigenvalue weighted by molar-refractivity contribution is 0.590. The van der Waals surface area contributed by atoms with E-state index in [1.54, 1.807) is 0 Å². The largest absolute Gasteiger partial charge is 0.256 e. The molecule has 0 amide bonds. The molecule has 30 heavy (non-hydrogen) atoms. The van der Waals surface area contributed by atoms with Crippen LogP contribution in [0.3, 0.4) is 0 Å². The molecule has 0 bridgehead atoms. The van der Waals surface area contributed by atoms with Gasteiger partial charge in [-0.05, 0) is 44.5 Å². The van der Waals surface area contributed by atoms with Crippen LogP contribution in [-0.4, -0.2) is 4.98 Å². The van der Waals surface area contributed by atoms with E-state index in [-0.39, 0.29) is 5.41 Å². The van der Waals surface area contributed by atoms with Crippen molar-refractivity contribution in [3.8, 4) is 22.3 Å². The van der Waals surface area contributed by atoms with Gasteiger partial charge in [0.05, 0.1) is 5.52 Å². The van der Waals surface area contributed by atoms with Crippen molar-refractivity contribution in [2.45, 2.75) is 26.2 Å². The lowest BCUT2D eigenvalue weighted by Gasteiger charge is -2.20. The van der Waals surface area contributed by atoms with Crippen molar-refractivity contribution in [2.75, 3.05) is 0 Å². The molecule has 5 rings (SSSR count). The van der Waals surface area contributed by atoms with Gasteiger partial charge in [0, 0.05) is 17.1 Å². The normalized spacial score (nSPS) is 11.8. The molecule has 5 aromatic rings. The van der Waals surface area contributed by atoms with Crippen LogP contribution in [0, 0.1) is 0 Å². The number of hydrogen-bond donors (Lipinski definition) is 0. The molecule has 0 spiro atoms. The minimum atomic E-state index is 0.140. The van der Waals surface area contributed by atoms with E-state index in [1.165, 1.54) is 44.0 Å². The molecule has 0 aliphatic heterocycles. The van der Waals surface area contributed by atoms with Crippen molar-refractivity contribution in [1.82, 2.24) is 4.98 Å². The standard InChI is InChI=1S/C29H25N/c1-29(2,3)22-17-15-21(16-18-22)26-23-12-7-8-13-24(23)27(20-10-5-4-6-11-20)28-25(26)14-9-19-30-28/h4-19H,1-3H3. The second-order valence-corrected chi connectivity index (χ2v) is 8.89. The summed E-state index contributed by atoms with van der Waals surface area (Å²) in [5.74, 6) is 0. The van der Waals surface area contributed by atoms with Gasteiger partial charge in [-0.3, -0.25) is 4.98 Å². The smallest absolute Gasteiger partial charge is 0.0792 e. The molecule has 1 heterocycles. The molecule has 0 aliphatic carbocycles. The van der Waals surface area contributed by atoms with E-state index < -0.39 is 0 Å². The Morgan fingerprint density at radius 3 is 1.77 bits per heavy atom. The summed E-state index contributed by atoms with van der Waals surface area (Å²) in [6.45, 7) is 6.77. The Morgan fingerprint density at radius 2 is 1.10 bits per heavy atom. The summed E-state index contributed by atoms with van der Waals surface area (Å²) in [5, 5.41) is 3.70. The first-order valence-electron chi connectivity index (χ1n) is 10.5. The molecule has 0 saturated heterocycles. The summed E-state index contributed by atoms with van der Waals surface area (Å²) < 4.78 is 0. The highest BCUT2D eigenvalue weighted by Crippen LogP contribution is 2.42. The van der Waals surface area contributed by atoms with Crippen molar-refractivity contribution in [3.05, 3.63) is 103 Å². The molecule has 0 radical (unpaired) electrons. The van der Waals surface area contributed by atoms with Crippen LogP contribution in [0.15, 0.2) is 97.2 Å². The average Bonchev–Trinajstić information content (AvgIpc) is 2.77. The number of rotatable bonds is 2. The Hall–Kier alpha value is -3.45.